The largest absolute Gasteiger partial charge is 0.513 e. The van der Waals surface area contributed by atoms with Crippen molar-refractivity contribution in [2.75, 3.05) is 39.4 Å². The van der Waals surface area contributed by atoms with E-state index in [1.54, 1.807) is 13.0 Å². The van der Waals surface area contributed by atoms with Crippen LogP contribution in [0.1, 0.15) is 347 Å². The van der Waals surface area contributed by atoms with E-state index in [0.717, 1.165) is 131 Å². The van der Waals surface area contributed by atoms with Crippen LogP contribution in [-0.2, 0) is 33.1 Å². The van der Waals surface area contributed by atoms with Crippen LogP contribution in [0.25, 0.3) is 0 Å². The molecule has 4 heterocycles. The smallest absolute Gasteiger partial charge is 0.504 e. The predicted octanol–water partition coefficient (Wildman–Crippen LogP) is 23.1. The van der Waals surface area contributed by atoms with E-state index in [-0.39, 0.29) is 41.5 Å². The molecule has 4 aliphatic heterocycles. The Kier molecular flexibility index (Phi) is 32.6. The molecule has 8 atom stereocenters. The number of rotatable bonds is 45. The molecule has 16 nitrogen and oxygen atoms in total. The summed E-state index contributed by atoms with van der Waals surface area (Å²) in [4.78, 5) is 39.7. The molecule has 0 radical (unpaired) electrons. The Labute approximate surface area is 651 Å². The molecule has 602 valence electrons. The summed E-state index contributed by atoms with van der Waals surface area (Å²) in [6.45, 7) is 20.4. The molecular formula is C92H141N3O13. The molecule has 4 bridgehead atoms. The van der Waals surface area contributed by atoms with E-state index in [1.165, 1.54) is 267 Å². The van der Waals surface area contributed by atoms with Crippen molar-refractivity contribution in [2.45, 2.75) is 382 Å². The van der Waals surface area contributed by atoms with Crippen molar-refractivity contribution in [3.05, 3.63) is 105 Å². The van der Waals surface area contributed by atoms with Gasteiger partial charge >= 0.3 is 12.3 Å². The van der Waals surface area contributed by atoms with Crippen molar-refractivity contribution in [1.82, 2.24) is 9.80 Å². The zero-order valence-corrected chi connectivity index (χ0v) is 67.2. The Hall–Kier alpha value is -5.68. The van der Waals surface area contributed by atoms with Crippen LogP contribution < -0.4 is 18.9 Å². The van der Waals surface area contributed by atoms with Gasteiger partial charge in [-0.3, -0.25) is 19.9 Å². The van der Waals surface area contributed by atoms with Crippen LogP contribution in [0.5, 0.6) is 28.7 Å². The number of piperidine rings is 2. The van der Waals surface area contributed by atoms with Gasteiger partial charge in [0.15, 0.2) is 23.0 Å². The number of non-ortho nitro benzene ring substituents is 1. The normalized spacial score (nSPS) is 25.1. The highest BCUT2D eigenvalue weighted by molar-refractivity contribution is 5.70. The lowest BCUT2D eigenvalue weighted by molar-refractivity contribution is -0.384. The van der Waals surface area contributed by atoms with E-state index in [0.29, 0.717) is 43.8 Å². The maximum absolute atomic E-state index is 12.8. The van der Waals surface area contributed by atoms with Crippen LogP contribution in [0, 0.1) is 22.0 Å². The molecule has 108 heavy (non-hydrogen) atoms. The summed E-state index contributed by atoms with van der Waals surface area (Å²) in [5.41, 5.74) is 4.10. The van der Waals surface area contributed by atoms with E-state index >= 15 is 0 Å². The van der Waals surface area contributed by atoms with Gasteiger partial charge in [-0.15, -0.1) is 0 Å². The van der Waals surface area contributed by atoms with Gasteiger partial charge in [0, 0.05) is 49.8 Å². The summed E-state index contributed by atoms with van der Waals surface area (Å²) >= 11 is 0. The number of ether oxygens (including phenoxy) is 6. The second kappa shape index (κ2) is 42.3. The Morgan fingerprint density at radius 2 is 0.870 bits per heavy atom. The predicted molar refractivity (Wildman–Crippen MR) is 432 cm³/mol. The Morgan fingerprint density at radius 3 is 1.25 bits per heavy atom. The molecule has 2 unspecified atom stereocenters. The minimum absolute atomic E-state index is 0.0467. The van der Waals surface area contributed by atoms with Crippen molar-refractivity contribution < 1.29 is 59.6 Å². The molecule has 3 N–H and O–H groups in total. The summed E-state index contributed by atoms with van der Waals surface area (Å²) in [6.07, 6.45) is 57.5. The number of carbonyl (C=O) groups excluding carboxylic acids is 2. The Morgan fingerprint density at radius 1 is 0.519 bits per heavy atom. The molecule has 2 saturated heterocycles. The number of aromatic hydroxyl groups is 1. The van der Waals surface area contributed by atoms with Crippen LogP contribution in [0.15, 0.2) is 72.8 Å². The number of hydrogen-bond donors (Lipinski definition) is 3. The summed E-state index contributed by atoms with van der Waals surface area (Å²) in [6, 6.07) is 13.4. The number of aliphatic hydroxyl groups is 2. The quantitative estimate of drug-likeness (QED) is 0.0120. The second-order valence-corrected chi connectivity index (χ2v) is 34.0. The van der Waals surface area contributed by atoms with E-state index in [2.05, 4.69) is 42.9 Å². The van der Waals surface area contributed by atoms with E-state index in [9.17, 15) is 35.0 Å². The van der Waals surface area contributed by atoms with Crippen LogP contribution in [0.2, 0.25) is 0 Å². The average molecular weight is 1500 g/mol. The van der Waals surface area contributed by atoms with E-state index in [4.69, 9.17) is 29.8 Å². The zero-order valence-electron chi connectivity index (χ0n) is 68.2. The monoisotopic (exact) mass is 1500 g/mol. The molecule has 10 aliphatic rings. The van der Waals surface area contributed by atoms with Crippen molar-refractivity contribution in [1.29, 1.82) is 0 Å². The highest BCUT2D eigenvalue weighted by Gasteiger charge is 2.73. The third-order valence-corrected chi connectivity index (χ3v) is 26.3. The fourth-order valence-corrected chi connectivity index (χ4v) is 20.1. The maximum Gasteiger partial charge on any atom is 0.513 e. The number of phenolic OH excluding ortho intramolecular Hbond substituents is 1. The highest BCUT2D eigenvalue weighted by atomic mass is 16.7. The molecule has 4 saturated carbocycles. The minimum atomic E-state index is -0.865. The van der Waals surface area contributed by atoms with Gasteiger partial charge < -0.3 is 43.7 Å². The lowest BCUT2D eigenvalue weighted by atomic mass is 9.48. The number of nitro groups is 1. The lowest BCUT2D eigenvalue weighted by Crippen LogP contribution is -2.75. The first-order valence-electron chi connectivity index (χ1n) is 44.6. The molecule has 3 aromatic carbocycles. The van der Waals surface area contributed by atoms with Crippen molar-refractivity contribution in [2.24, 2.45) is 11.8 Å². The first kappa shape index (κ1) is 83.3. The standard InChI is InChI=1S/C42H65NO5.C27H45NO5.C21H25NO3.C2H6/c1-3-4-5-6-7-8-9-10-11-12-13-14-15-16-17-18-19-20-29-46-40(44)47-35-24-23-34-30-36-42(45)26-25-32(2)39-41(42,37(34)38(35)48-39)27-28-43(36)31-33-21-22-33;1-2-3-4-5-6-7-8-9-10-11-12-13-14-15-16-17-18-19-24-32-27(29)33-26-22-20-25(21-23-26)28(30)31;1-12-6-7-21(24)16-10-14-4-5-15(23)18-17(14)20(21,19(12)25-18)8-9-22(16)11-13-2-3-13;1-2/h23-24,33,36,39,45H,2-22,25-31H2,1H3;20-23H,2-19,24H2,1H3;4-5,13,16,19,23-24H,1-3,6-11H2;1-2H3/t36?,39-,41-,42+;;16?,19-,20-,21+;/m0.0./s1/i;;;1D. The third-order valence-electron chi connectivity index (χ3n) is 26.3. The summed E-state index contributed by atoms with van der Waals surface area (Å²) in [7, 11) is 0. The van der Waals surface area contributed by atoms with Crippen LogP contribution in [0.4, 0.5) is 15.3 Å². The molecule has 6 fully saturated rings. The van der Waals surface area contributed by atoms with E-state index in [1.807, 2.05) is 12.1 Å². The minimum Gasteiger partial charge on any atom is -0.504 e. The summed E-state index contributed by atoms with van der Waals surface area (Å²) in [5.74, 6) is 3.69. The number of hydrogen-bond acceptors (Lipinski definition) is 15. The first-order chi connectivity index (χ1) is 53.1. The Balaban J connectivity index is 0.000000180. The van der Waals surface area contributed by atoms with Crippen LogP contribution >= 0.6 is 0 Å². The van der Waals surface area contributed by atoms with Crippen molar-refractivity contribution in [3.8, 4) is 28.7 Å². The molecule has 2 spiro atoms. The number of benzene rings is 3. The molecule has 0 amide bonds. The lowest BCUT2D eigenvalue weighted by Gasteiger charge is -2.63. The summed E-state index contributed by atoms with van der Waals surface area (Å²) < 4.78 is 40.5. The highest BCUT2D eigenvalue weighted by Crippen LogP contribution is 2.68. The second-order valence-electron chi connectivity index (χ2n) is 34.0. The summed E-state index contributed by atoms with van der Waals surface area (Å²) in [5, 5.41) is 45.6. The SMILES string of the molecule is C=C1CC[C@@]2(O)C3Cc4ccc(O)c5c4[C@@]2(CCN3CC2CC2)[C@H]1O5.C=C1CC[C@@]2(O)C3Cc4ccc(OC(=O)OCCCCCCCCCCCCCCCCCCCC)c5c4[C@@]2(CCN3CC2CC2)[C@H]1O5.CCCCCCCCCCCCCCCCCCCCOC(=O)Oc1ccc([N+](=O)[O-])cc1.[2H]CC. The number of phenols is 1. The van der Waals surface area contributed by atoms with Crippen molar-refractivity contribution >= 4 is 18.0 Å². The Bertz CT molecular complexity index is 3340. The first-order valence-corrected chi connectivity index (χ1v) is 43.9. The van der Waals surface area contributed by atoms with Gasteiger partial charge in [-0.1, -0.05) is 271 Å². The molecule has 16 heteroatoms. The van der Waals surface area contributed by atoms with Gasteiger partial charge in [0.25, 0.3) is 5.69 Å². The average Bonchev–Trinajstić information content (AvgIpc) is 1.57. The van der Waals surface area contributed by atoms with Crippen LogP contribution in [-0.4, -0.2) is 117 Å². The molecule has 3 aromatic rings. The number of nitro benzene ring substituents is 1. The third kappa shape index (κ3) is 21.1. The topological polar surface area (TPSA) is 200 Å². The maximum atomic E-state index is 12.8. The zero-order chi connectivity index (χ0) is 77.1. The fourth-order valence-electron chi connectivity index (χ4n) is 20.1. The van der Waals surface area contributed by atoms with Gasteiger partial charge in [0.05, 0.1) is 40.2 Å². The molecular weight excluding hydrogens is 1360 g/mol. The number of likely N-dealkylation sites (tertiary alicyclic amines) is 2. The van der Waals surface area contributed by atoms with Gasteiger partial charge in [-0.2, -0.15) is 0 Å². The van der Waals surface area contributed by atoms with Crippen LogP contribution in [0.3, 0.4) is 0 Å². The number of unbranched alkanes of at least 4 members (excludes halogenated alkanes) is 34. The molecule has 0 aromatic heterocycles. The molecule has 13 rings (SSSR count). The van der Waals surface area contributed by atoms with Gasteiger partial charge in [-0.05, 0) is 161 Å². The number of carbonyl (C=O) groups is 2. The van der Waals surface area contributed by atoms with Crippen molar-refractivity contribution in [3.63, 3.8) is 0 Å². The van der Waals surface area contributed by atoms with Gasteiger partial charge in [0.1, 0.15) is 18.0 Å². The molecule has 6 aliphatic carbocycles. The number of nitrogens with zero attached hydrogens (tertiary/aromatic N) is 3. The fraction of sp³-hybridized carbons (Fsp3) is 0.739. The van der Waals surface area contributed by atoms with Gasteiger partial charge in [0.2, 0.25) is 0 Å². The van der Waals surface area contributed by atoms with Gasteiger partial charge in [-0.25, -0.2) is 9.59 Å². The van der Waals surface area contributed by atoms with E-state index < -0.39 is 39.3 Å².